The van der Waals surface area contributed by atoms with Crippen molar-refractivity contribution in [1.29, 1.82) is 0 Å². The Kier molecular flexibility index (Phi) is 3.65. The van der Waals surface area contributed by atoms with Gasteiger partial charge < -0.3 is 5.11 Å². The molecule has 100 valence electrons. The van der Waals surface area contributed by atoms with Crippen molar-refractivity contribution in [2.75, 3.05) is 13.1 Å². The largest absolute Gasteiger partial charge is 0.393 e. The van der Waals surface area contributed by atoms with Gasteiger partial charge in [-0.2, -0.15) is 4.31 Å². The summed E-state index contributed by atoms with van der Waals surface area (Å²) in [5.74, 6) is -2.27. The van der Waals surface area contributed by atoms with Crippen molar-refractivity contribution in [2.24, 2.45) is 0 Å². The number of hydrogen-bond acceptors (Lipinski definition) is 3. The van der Waals surface area contributed by atoms with E-state index in [9.17, 15) is 22.3 Å². The first-order valence-electron chi connectivity index (χ1n) is 5.54. The lowest BCUT2D eigenvalue weighted by molar-refractivity contribution is 0.113. The fourth-order valence-electron chi connectivity index (χ4n) is 1.87. The van der Waals surface area contributed by atoms with E-state index in [2.05, 4.69) is 0 Å². The maximum atomic E-state index is 13.0. The zero-order chi connectivity index (χ0) is 13.3. The van der Waals surface area contributed by atoms with Crippen molar-refractivity contribution in [1.82, 2.24) is 4.31 Å². The van der Waals surface area contributed by atoms with Gasteiger partial charge >= 0.3 is 0 Å². The van der Waals surface area contributed by atoms with Crippen LogP contribution in [0.4, 0.5) is 8.78 Å². The van der Waals surface area contributed by atoms with Gasteiger partial charge in [-0.15, -0.1) is 0 Å². The molecular formula is C11H13F2NO3S. The molecule has 4 nitrogen and oxygen atoms in total. The highest BCUT2D eigenvalue weighted by atomic mass is 32.2. The predicted octanol–water partition coefficient (Wildman–Crippen LogP) is 1.11. The van der Waals surface area contributed by atoms with Crippen LogP contribution in [0.15, 0.2) is 23.1 Å². The number of sulfonamides is 1. The highest BCUT2D eigenvalue weighted by Crippen LogP contribution is 2.22. The van der Waals surface area contributed by atoms with Crippen LogP contribution in [0.3, 0.4) is 0 Å². The first kappa shape index (κ1) is 13.4. The average Bonchev–Trinajstić information content (AvgIpc) is 2.33. The summed E-state index contributed by atoms with van der Waals surface area (Å²) in [7, 11) is -3.81. The van der Waals surface area contributed by atoms with Crippen molar-refractivity contribution in [3.05, 3.63) is 29.8 Å². The molecule has 0 aliphatic carbocycles. The number of aliphatic hydroxyl groups is 1. The number of halogens is 2. The zero-order valence-electron chi connectivity index (χ0n) is 9.51. The molecule has 0 bridgehead atoms. The van der Waals surface area contributed by atoms with Crippen molar-refractivity contribution < 1.29 is 22.3 Å². The molecule has 2 rings (SSSR count). The summed E-state index contributed by atoms with van der Waals surface area (Å²) in [4.78, 5) is -0.266. The van der Waals surface area contributed by atoms with Crippen molar-refractivity contribution in [3.8, 4) is 0 Å². The van der Waals surface area contributed by atoms with Gasteiger partial charge in [-0.25, -0.2) is 17.2 Å². The minimum absolute atomic E-state index is 0.183. The van der Waals surface area contributed by atoms with Crippen LogP contribution < -0.4 is 0 Å². The fraction of sp³-hybridized carbons (Fsp3) is 0.455. The molecule has 1 aromatic rings. The Hall–Kier alpha value is -1.05. The molecule has 0 saturated carbocycles. The molecule has 0 amide bonds. The van der Waals surface area contributed by atoms with Gasteiger partial charge in [0.2, 0.25) is 10.0 Å². The fourth-order valence-corrected chi connectivity index (χ4v) is 3.35. The van der Waals surface area contributed by atoms with Gasteiger partial charge in [0.05, 0.1) is 11.0 Å². The monoisotopic (exact) mass is 277 g/mol. The molecule has 0 atom stereocenters. The predicted molar refractivity (Wildman–Crippen MR) is 60.4 cm³/mol. The molecule has 1 fully saturated rings. The summed E-state index contributed by atoms with van der Waals surface area (Å²) in [6.07, 6.45) is 0.202. The summed E-state index contributed by atoms with van der Waals surface area (Å²) >= 11 is 0. The molecule has 1 heterocycles. The highest BCUT2D eigenvalue weighted by Gasteiger charge is 2.29. The van der Waals surface area contributed by atoms with Crippen LogP contribution in [0.2, 0.25) is 0 Å². The summed E-state index contributed by atoms with van der Waals surface area (Å²) in [6, 6.07) is 2.51. The Morgan fingerprint density at radius 1 is 1.17 bits per heavy atom. The zero-order valence-corrected chi connectivity index (χ0v) is 10.3. The van der Waals surface area contributed by atoms with E-state index >= 15 is 0 Å². The van der Waals surface area contributed by atoms with E-state index in [1.807, 2.05) is 0 Å². The smallest absolute Gasteiger partial charge is 0.243 e. The van der Waals surface area contributed by atoms with E-state index in [1.54, 1.807) is 0 Å². The molecule has 18 heavy (non-hydrogen) atoms. The quantitative estimate of drug-likeness (QED) is 0.881. The third-order valence-corrected chi connectivity index (χ3v) is 4.85. The molecule has 7 heteroatoms. The van der Waals surface area contributed by atoms with E-state index in [0.29, 0.717) is 18.9 Å². The maximum Gasteiger partial charge on any atom is 0.243 e. The number of benzene rings is 1. The second kappa shape index (κ2) is 4.91. The summed E-state index contributed by atoms with van der Waals surface area (Å²) in [5, 5.41) is 9.31. The molecular weight excluding hydrogens is 264 g/mol. The maximum absolute atomic E-state index is 13.0. The molecule has 0 unspecified atom stereocenters. The molecule has 1 saturated heterocycles. The first-order chi connectivity index (χ1) is 8.41. The Labute approximate surface area is 104 Å². The van der Waals surface area contributed by atoms with Crippen LogP contribution in [-0.2, 0) is 10.0 Å². The third-order valence-electron chi connectivity index (χ3n) is 2.95. The van der Waals surface area contributed by atoms with E-state index in [1.165, 1.54) is 4.31 Å². The molecule has 1 aliphatic rings. The van der Waals surface area contributed by atoms with E-state index < -0.39 is 27.8 Å². The Morgan fingerprint density at radius 3 is 2.33 bits per heavy atom. The minimum atomic E-state index is -3.81. The van der Waals surface area contributed by atoms with Crippen LogP contribution in [0.5, 0.6) is 0 Å². The number of rotatable bonds is 2. The lowest BCUT2D eigenvalue weighted by atomic mass is 10.1. The third kappa shape index (κ3) is 2.52. The van der Waals surface area contributed by atoms with Gasteiger partial charge in [0.1, 0.15) is 0 Å². The van der Waals surface area contributed by atoms with Crippen molar-refractivity contribution in [2.45, 2.75) is 23.8 Å². The molecule has 0 radical (unpaired) electrons. The lowest BCUT2D eigenvalue weighted by Crippen LogP contribution is -2.40. The Bertz CT molecular complexity index is 539. The lowest BCUT2D eigenvalue weighted by Gasteiger charge is -2.28. The standard InChI is InChI=1S/C11H13F2NO3S/c12-10-2-1-9(7-11(10)13)18(16,17)14-5-3-8(15)4-6-14/h1-2,7-8,15H,3-6H2. The second-order valence-electron chi connectivity index (χ2n) is 4.21. The topological polar surface area (TPSA) is 57.6 Å². The van der Waals surface area contributed by atoms with E-state index in [-0.39, 0.29) is 18.0 Å². The normalized spacial score (nSPS) is 19.1. The Balaban J connectivity index is 2.27. The van der Waals surface area contributed by atoms with Crippen LogP contribution in [0, 0.1) is 11.6 Å². The molecule has 1 N–H and O–H groups in total. The second-order valence-corrected chi connectivity index (χ2v) is 6.15. The molecule has 1 aliphatic heterocycles. The van der Waals surface area contributed by atoms with E-state index in [4.69, 9.17) is 0 Å². The SMILES string of the molecule is O=S(=O)(c1ccc(F)c(F)c1)N1CCC(O)CC1. The van der Waals surface area contributed by atoms with Crippen LogP contribution in [-0.4, -0.2) is 37.0 Å². The van der Waals surface area contributed by atoms with Crippen LogP contribution in [0.1, 0.15) is 12.8 Å². The molecule has 0 aromatic heterocycles. The van der Waals surface area contributed by atoms with Gasteiger partial charge in [0.15, 0.2) is 11.6 Å². The van der Waals surface area contributed by atoms with Crippen molar-refractivity contribution in [3.63, 3.8) is 0 Å². The van der Waals surface area contributed by atoms with Gasteiger partial charge in [-0.3, -0.25) is 0 Å². The highest BCUT2D eigenvalue weighted by molar-refractivity contribution is 7.89. The Morgan fingerprint density at radius 2 is 1.78 bits per heavy atom. The summed E-state index contributed by atoms with van der Waals surface area (Å²) in [5.41, 5.74) is 0. The number of nitrogens with zero attached hydrogens (tertiary/aromatic N) is 1. The van der Waals surface area contributed by atoms with Crippen molar-refractivity contribution >= 4 is 10.0 Å². The number of aliphatic hydroxyl groups excluding tert-OH is 1. The summed E-state index contributed by atoms with van der Waals surface area (Å²) < 4.78 is 51.2. The van der Waals surface area contributed by atoms with Crippen LogP contribution in [0.25, 0.3) is 0 Å². The van der Waals surface area contributed by atoms with Gasteiger partial charge in [0.25, 0.3) is 0 Å². The van der Waals surface area contributed by atoms with E-state index in [0.717, 1.165) is 12.1 Å². The number of hydrogen-bond donors (Lipinski definition) is 1. The van der Waals surface area contributed by atoms with Gasteiger partial charge in [-0.1, -0.05) is 0 Å². The van der Waals surface area contributed by atoms with Gasteiger partial charge in [0, 0.05) is 13.1 Å². The minimum Gasteiger partial charge on any atom is -0.393 e. The van der Waals surface area contributed by atoms with Gasteiger partial charge in [-0.05, 0) is 31.0 Å². The average molecular weight is 277 g/mol. The molecule has 1 aromatic carbocycles. The molecule has 0 spiro atoms. The summed E-state index contributed by atoms with van der Waals surface area (Å²) in [6.45, 7) is 0.366. The number of piperidine rings is 1. The first-order valence-corrected chi connectivity index (χ1v) is 6.98. The van der Waals surface area contributed by atoms with Crippen LogP contribution >= 0.6 is 0 Å².